The number of hydrogen-bond acceptors (Lipinski definition) is 2. The highest BCUT2D eigenvalue weighted by atomic mass is 32.1. The molecule has 1 aromatic carbocycles. The maximum atomic E-state index is 5.94. The van der Waals surface area contributed by atoms with Crippen molar-refractivity contribution in [3.8, 4) is 0 Å². The van der Waals surface area contributed by atoms with Crippen molar-refractivity contribution < 1.29 is 4.74 Å². The molecule has 2 aromatic rings. The third-order valence-corrected chi connectivity index (χ3v) is 3.90. The first-order valence-corrected chi connectivity index (χ1v) is 6.68. The first-order valence-electron chi connectivity index (χ1n) is 6.27. The largest absolute Gasteiger partial charge is 0.456 e. The van der Waals surface area contributed by atoms with Gasteiger partial charge in [-0.1, -0.05) is 30.3 Å². The molecule has 98 valence electrons. The van der Waals surface area contributed by atoms with Crippen molar-refractivity contribution in [2.24, 2.45) is 7.05 Å². The molecule has 19 heavy (non-hydrogen) atoms. The summed E-state index contributed by atoms with van der Waals surface area (Å²) in [6, 6.07) is 14.4. The minimum atomic E-state index is -0.489. The molecule has 0 radical (unpaired) electrons. The molecule has 1 N–H and O–H groups in total. The molecule has 0 unspecified atom stereocenters. The third-order valence-electron chi connectivity index (χ3n) is 3.70. The van der Waals surface area contributed by atoms with E-state index >= 15 is 0 Å². The fraction of sp³-hybridized carbons (Fsp3) is 0.267. The van der Waals surface area contributed by atoms with E-state index in [1.807, 2.05) is 37.5 Å². The second kappa shape index (κ2) is 4.38. The summed E-state index contributed by atoms with van der Waals surface area (Å²) in [7, 11) is 2.02. The molecule has 1 aromatic heterocycles. The Morgan fingerprint density at radius 1 is 1.21 bits per heavy atom. The molecule has 0 spiro atoms. The molecule has 0 bridgehead atoms. The summed E-state index contributed by atoms with van der Waals surface area (Å²) in [5.41, 5.74) is 1.79. The molecule has 2 heterocycles. The van der Waals surface area contributed by atoms with Gasteiger partial charge in [-0.2, -0.15) is 0 Å². The van der Waals surface area contributed by atoms with E-state index in [0.29, 0.717) is 5.17 Å². The number of rotatable bonds is 2. The Hall–Kier alpha value is -1.81. The average Bonchev–Trinajstić information content (AvgIpc) is 2.95. The Morgan fingerprint density at radius 2 is 1.95 bits per heavy atom. The Bertz CT molecular complexity index is 608. The number of ether oxygens (including phenoxy) is 1. The summed E-state index contributed by atoms with van der Waals surface area (Å²) in [6.07, 6.45) is 2.02. The SMILES string of the molecule is Cn1cccc1[C@]1(C)OC(=S)N[C@H]1c1ccccc1. The van der Waals surface area contributed by atoms with E-state index in [2.05, 4.69) is 35.0 Å². The summed E-state index contributed by atoms with van der Waals surface area (Å²) in [5.74, 6) is 0. The van der Waals surface area contributed by atoms with Crippen LogP contribution in [0, 0.1) is 0 Å². The van der Waals surface area contributed by atoms with E-state index in [9.17, 15) is 0 Å². The number of thiocarbonyl (C=S) groups is 1. The number of aromatic nitrogens is 1. The lowest BCUT2D eigenvalue weighted by atomic mass is 9.88. The summed E-state index contributed by atoms with van der Waals surface area (Å²) in [5, 5.41) is 3.73. The van der Waals surface area contributed by atoms with Crippen molar-refractivity contribution in [1.29, 1.82) is 0 Å². The zero-order valence-corrected chi connectivity index (χ0v) is 11.8. The van der Waals surface area contributed by atoms with Gasteiger partial charge >= 0.3 is 0 Å². The van der Waals surface area contributed by atoms with Gasteiger partial charge in [0.05, 0.1) is 5.69 Å². The molecule has 3 rings (SSSR count). The molecule has 0 saturated carbocycles. The summed E-state index contributed by atoms with van der Waals surface area (Å²) in [6.45, 7) is 2.08. The van der Waals surface area contributed by atoms with Crippen LogP contribution in [0.3, 0.4) is 0 Å². The predicted molar refractivity (Wildman–Crippen MR) is 78.8 cm³/mol. The lowest BCUT2D eigenvalue weighted by molar-refractivity contribution is 0.0749. The molecule has 0 amide bonds. The smallest absolute Gasteiger partial charge is 0.258 e. The van der Waals surface area contributed by atoms with Gasteiger partial charge in [0.2, 0.25) is 0 Å². The Morgan fingerprint density at radius 3 is 2.58 bits per heavy atom. The second-order valence-corrected chi connectivity index (χ2v) is 5.36. The van der Waals surface area contributed by atoms with Gasteiger partial charge in [0, 0.05) is 13.2 Å². The van der Waals surface area contributed by atoms with Gasteiger partial charge < -0.3 is 14.6 Å². The maximum Gasteiger partial charge on any atom is 0.258 e. The monoisotopic (exact) mass is 272 g/mol. The van der Waals surface area contributed by atoms with Crippen LogP contribution in [-0.2, 0) is 17.4 Å². The fourth-order valence-electron chi connectivity index (χ4n) is 2.76. The highest BCUT2D eigenvalue weighted by Gasteiger charge is 2.47. The molecular formula is C15H16N2OS. The zero-order valence-electron chi connectivity index (χ0n) is 11.0. The van der Waals surface area contributed by atoms with Crippen molar-refractivity contribution in [3.63, 3.8) is 0 Å². The number of benzene rings is 1. The predicted octanol–water partition coefficient (Wildman–Crippen LogP) is 2.89. The molecule has 1 aliphatic rings. The van der Waals surface area contributed by atoms with Crippen LogP contribution in [0.15, 0.2) is 48.7 Å². The minimum Gasteiger partial charge on any atom is -0.456 e. The zero-order chi connectivity index (χ0) is 13.5. The van der Waals surface area contributed by atoms with Crippen LogP contribution in [0.4, 0.5) is 0 Å². The van der Waals surface area contributed by atoms with Crippen LogP contribution in [0.1, 0.15) is 24.2 Å². The summed E-state index contributed by atoms with van der Waals surface area (Å²) < 4.78 is 8.02. The average molecular weight is 272 g/mol. The van der Waals surface area contributed by atoms with Gasteiger partial charge in [0.1, 0.15) is 6.04 Å². The van der Waals surface area contributed by atoms with Crippen LogP contribution < -0.4 is 5.32 Å². The molecule has 1 aliphatic heterocycles. The number of aryl methyl sites for hydroxylation is 1. The van der Waals surface area contributed by atoms with Gasteiger partial charge in [-0.15, -0.1) is 0 Å². The Kier molecular flexibility index (Phi) is 2.82. The molecule has 1 fully saturated rings. The van der Waals surface area contributed by atoms with Gasteiger partial charge in [0.25, 0.3) is 5.17 Å². The molecule has 3 nitrogen and oxygen atoms in total. The second-order valence-electron chi connectivity index (χ2n) is 4.99. The van der Waals surface area contributed by atoms with Crippen LogP contribution in [0.25, 0.3) is 0 Å². The first kappa shape index (κ1) is 12.2. The molecule has 4 heteroatoms. The standard InChI is InChI=1S/C15H16N2OS/c1-15(12-9-6-10-17(12)2)13(16-14(19)18-15)11-7-4-3-5-8-11/h3-10,13H,1-2H3,(H,16,19)/t13-,15-/m0/s1. The number of hydrogen-bond donors (Lipinski definition) is 1. The third kappa shape index (κ3) is 1.92. The van der Waals surface area contributed by atoms with Crippen molar-refractivity contribution in [2.45, 2.75) is 18.6 Å². The summed E-state index contributed by atoms with van der Waals surface area (Å²) >= 11 is 5.22. The first-order chi connectivity index (χ1) is 9.11. The molecular weight excluding hydrogens is 256 g/mol. The van der Waals surface area contributed by atoms with Crippen LogP contribution in [-0.4, -0.2) is 9.74 Å². The van der Waals surface area contributed by atoms with E-state index in [-0.39, 0.29) is 6.04 Å². The van der Waals surface area contributed by atoms with Gasteiger partial charge in [0.15, 0.2) is 5.60 Å². The molecule has 1 saturated heterocycles. The van der Waals surface area contributed by atoms with Crippen molar-refractivity contribution in [1.82, 2.24) is 9.88 Å². The van der Waals surface area contributed by atoms with E-state index in [1.54, 1.807) is 0 Å². The normalized spacial score (nSPS) is 26.0. The van der Waals surface area contributed by atoms with E-state index < -0.39 is 5.60 Å². The topological polar surface area (TPSA) is 26.2 Å². The fourth-order valence-corrected chi connectivity index (χ4v) is 3.05. The van der Waals surface area contributed by atoms with Crippen LogP contribution >= 0.6 is 12.2 Å². The lowest BCUT2D eigenvalue weighted by Crippen LogP contribution is -2.32. The number of nitrogens with one attached hydrogen (secondary N) is 1. The van der Waals surface area contributed by atoms with Crippen LogP contribution in [0.5, 0.6) is 0 Å². The highest BCUT2D eigenvalue weighted by molar-refractivity contribution is 7.80. The molecule has 2 atom stereocenters. The van der Waals surface area contributed by atoms with E-state index in [0.717, 1.165) is 5.69 Å². The van der Waals surface area contributed by atoms with Crippen LogP contribution in [0.2, 0.25) is 0 Å². The lowest BCUT2D eigenvalue weighted by Gasteiger charge is -2.29. The van der Waals surface area contributed by atoms with Gasteiger partial charge in [-0.05, 0) is 36.8 Å². The minimum absolute atomic E-state index is 0.0230. The quantitative estimate of drug-likeness (QED) is 0.851. The maximum absolute atomic E-state index is 5.94. The Labute approximate surface area is 118 Å². The van der Waals surface area contributed by atoms with Crippen molar-refractivity contribution >= 4 is 17.4 Å². The Balaban J connectivity index is 2.08. The van der Waals surface area contributed by atoms with Crippen molar-refractivity contribution in [3.05, 3.63) is 59.9 Å². The van der Waals surface area contributed by atoms with E-state index in [1.165, 1.54) is 5.56 Å². The molecule has 0 aliphatic carbocycles. The van der Waals surface area contributed by atoms with E-state index in [4.69, 9.17) is 17.0 Å². The van der Waals surface area contributed by atoms with Gasteiger partial charge in [-0.25, -0.2) is 0 Å². The number of nitrogens with zero attached hydrogens (tertiary/aromatic N) is 1. The van der Waals surface area contributed by atoms with Crippen molar-refractivity contribution in [2.75, 3.05) is 0 Å². The summed E-state index contributed by atoms with van der Waals surface area (Å²) in [4.78, 5) is 0. The highest BCUT2D eigenvalue weighted by Crippen LogP contribution is 2.42. The van der Waals surface area contributed by atoms with Gasteiger partial charge in [-0.3, -0.25) is 0 Å².